The van der Waals surface area contributed by atoms with E-state index in [0.29, 0.717) is 23.9 Å². The Hall–Kier alpha value is -2.43. The fraction of sp³-hybridized carbons (Fsp3) is 0.450. The van der Waals surface area contributed by atoms with Gasteiger partial charge in [-0.3, -0.25) is 4.79 Å². The third-order valence-electron chi connectivity index (χ3n) is 6.23. The number of pyridine rings is 1. The molecule has 6 nitrogen and oxygen atoms in total. The first-order valence-corrected chi connectivity index (χ1v) is 10.2. The number of nitrogens with zero attached hydrogens (tertiary/aromatic N) is 3. The third-order valence-corrected chi connectivity index (χ3v) is 7.10. The Balaban J connectivity index is 1.33. The van der Waals surface area contributed by atoms with Crippen LogP contribution in [0.15, 0.2) is 35.8 Å². The zero-order chi connectivity index (χ0) is 18.4. The van der Waals surface area contributed by atoms with Crippen LogP contribution in [0.25, 0.3) is 0 Å². The Morgan fingerprint density at radius 3 is 3.22 bits per heavy atom. The summed E-state index contributed by atoms with van der Waals surface area (Å²) in [5, 5.41) is 14.4. The van der Waals surface area contributed by atoms with Crippen molar-refractivity contribution in [1.82, 2.24) is 10.3 Å². The first-order chi connectivity index (χ1) is 13.2. The minimum atomic E-state index is -0.159. The Morgan fingerprint density at radius 1 is 1.48 bits per heavy atom. The summed E-state index contributed by atoms with van der Waals surface area (Å²) < 4.78 is 6.44. The van der Waals surface area contributed by atoms with Crippen LogP contribution in [0.1, 0.15) is 28.1 Å². The molecular formula is C20H20N4O2S. The van der Waals surface area contributed by atoms with Gasteiger partial charge >= 0.3 is 0 Å². The maximum atomic E-state index is 12.3. The van der Waals surface area contributed by atoms with Crippen LogP contribution >= 0.6 is 11.3 Å². The smallest absolute Gasteiger partial charge is 0.261 e. The third kappa shape index (κ3) is 2.63. The highest BCUT2D eigenvalue weighted by Crippen LogP contribution is 2.55. The Morgan fingerprint density at radius 2 is 2.41 bits per heavy atom. The van der Waals surface area contributed by atoms with Crippen molar-refractivity contribution in [2.45, 2.75) is 24.5 Å². The Labute approximate surface area is 161 Å². The predicted octanol–water partition coefficient (Wildman–Crippen LogP) is 2.43. The van der Waals surface area contributed by atoms with Gasteiger partial charge in [-0.25, -0.2) is 4.98 Å². The fourth-order valence-corrected chi connectivity index (χ4v) is 5.71. The molecule has 2 aromatic rings. The molecule has 3 aliphatic heterocycles. The molecule has 138 valence electrons. The second kappa shape index (κ2) is 6.32. The summed E-state index contributed by atoms with van der Waals surface area (Å²) in [6.45, 7) is 2.23. The zero-order valence-corrected chi connectivity index (χ0v) is 15.6. The molecule has 2 bridgehead atoms. The number of carbonyl (C=O) groups is 1. The molecule has 3 fully saturated rings. The van der Waals surface area contributed by atoms with E-state index in [-0.39, 0.29) is 17.6 Å². The number of aromatic nitrogens is 1. The van der Waals surface area contributed by atoms with E-state index in [4.69, 9.17) is 4.74 Å². The molecule has 0 radical (unpaired) electrons. The highest BCUT2D eigenvalue weighted by Gasteiger charge is 2.63. The number of rotatable bonds is 4. The summed E-state index contributed by atoms with van der Waals surface area (Å²) in [6, 6.07) is 9.59. The van der Waals surface area contributed by atoms with Gasteiger partial charge in [0.15, 0.2) is 0 Å². The molecule has 5 heterocycles. The minimum absolute atomic E-state index is 0.00632. The molecule has 4 atom stereocenters. The van der Waals surface area contributed by atoms with Crippen molar-refractivity contribution < 1.29 is 9.53 Å². The van der Waals surface area contributed by atoms with Crippen LogP contribution < -0.4 is 10.2 Å². The number of nitriles is 1. The lowest BCUT2D eigenvalue weighted by molar-refractivity contribution is 0.0141. The van der Waals surface area contributed by atoms with Gasteiger partial charge in [-0.15, -0.1) is 11.3 Å². The number of anilines is 1. The van der Waals surface area contributed by atoms with Gasteiger partial charge in [-0.2, -0.15) is 5.26 Å². The minimum Gasteiger partial charge on any atom is -0.369 e. The van der Waals surface area contributed by atoms with Crippen molar-refractivity contribution in [3.63, 3.8) is 0 Å². The number of nitrogens with one attached hydrogen (secondary N) is 1. The predicted molar refractivity (Wildman–Crippen MR) is 102 cm³/mol. The van der Waals surface area contributed by atoms with Crippen LogP contribution in [0.3, 0.4) is 0 Å². The number of carbonyl (C=O) groups excluding carboxylic acids is 1. The summed E-state index contributed by atoms with van der Waals surface area (Å²) in [4.78, 5) is 19.7. The molecule has 1 amide bonds. The van der Waals surface area contributed by atoms with Crippen LogP contribution in [-0.2, 0) is 4.74 Å². The van der Waals surface area contributed by atoms with Crippen molar-refractivity contribution in [2.75, 3.05) is 24.5 Å². The number of hydrogen-bond acceptors (Lipinski definition) is 6. The second-order valence-corrected chi connectivity index (χ2v) is 8.53. The second-order valence-electron chi connectivity index (χ2n) is 7.58. The van der Waals surface area contributed by atoms with Crippen LogP contribution in [0, 0.1) is 23.2 Å². The van der Waals surface area contributed by atoms with Crippen molar-refractivity contribution in [3.8, 4) is 6.07 Å². The summed E-state index contributed by atoms with van der Waals surface area (Å²) in [5.41, 5.74) is 0.443. The molecule has 0 saturated carbocycles. The molecule has 7 heteroatoms. The Bertz CT molecular complexity index is 909. The SMILES string of the molecule is N#Cc1cccnc1N1C[C@@H]2[C@H](CNC(=O)c3cccs3)[C@H]3CC[C@]2(C1)O3. The fourth-order valence-electron chi connectivity index (χ4n) is 5.07. The highest BCUT2D eigenvalue weighted by molar-refractivity contribution is 7.12. The van der Waals surface area contributed by atoms with Crippen molar-refractivity contribution >= 4 is 23.1 Å². The van der Waals surface area contributed by atoms with E-state index in [1.165, 1.54) is 11.3 Å². The van der Waals surface area contributed by atoms with Crippen LogP contribution in [0.5, 0.6) is 0 Å². The van der Waals surface area contributed by atoms with E-state index < -0.39 is 0 Å². The number of hydrogen-bond donors (Lipinski definition) is 1. The lowest BCUT2D eigenvalue weighted by Crippen LogP contribution is -2.41. The summed E-state index contributed by atoms with van der Waals surface area (Å²) in [6.07, 6.45) is 4.04. The van der Waals surface area contributed by atoms with Gasteiger partial charge in [0.25, 0.3) is 5.91 Å². The molecule has 0 unspecified atom stereocenters. The molecule has 1 spiro atoms. The van der Waals surface area contributed by atoms with E-state index in [1.54, 1.807) is 12.3 Å². The average molecular weight is 380 g/mol. The summed E-state index contributed by atoms with van der Waals surface area (Å²) in [7, 11) is 0. The van der Waals surface area contributed by atoms with E-state index in [9.17, 15) is 10.1 Å². The molecule has 3 aliphatic rings. The molecule has 3 saturated heterocycles. The van der Waals surface area contributed by atoms with Gasteiger partial charge in [-0.05, 0) is 36.4 Å². The number of fused-ring (bicyclic) bond motifs is 1. The zero-order valence-electron chi connectivity index (χ0n) is 14.8. The maximum absolute atomic E-state index is 12.3. The number of ether oxygens (including phenoxy) is 1. The van der Waals surface area contributed by atoms with Crippen LogP contribution in [0.4, 0.5) is 5.82 Å². The quantitative estimate of drug-likeness (QED) is 0.881. The van der Waals surface area contributed by atoms with Crippen molar-refractivity contribution in [1.29, 1.82) is 5.26 Å². The maximum Gasteiger partial charge on any atom is 0.261 e. The average Bonchev–Trinajstić information content (AvgIpc) is 3.46. The normalized spacial score (nSPS) is 30.9. The van der Waals surface area contributed by atoms with Gasteiger partial charge in [0.1, 0.15) is 11.9 Å². The standard InChI is InChI=1S/C20H20N4O2S/c21-9-13-3-1-7-22-18(13)24-11-15-14(16-5-6-20(15,12-24)26-16)10-23-19(25)17-4-2-8-27-17/h1-4,7-8,14-16H,5-6,10-12H2,(H,23,25)/t14-,15+,16+,20+/m0/s1. The van der Waals surface area contributed by atoms with E-state index in [2.05, 4.69) is 21.3 Å². The van der Waals surface area contributed by atoms with Gasteiger partial charge in [0.2, 0.25) is 0 Å². The number of amides is 1. The molecule has 0 aliphatic carbocycles. The lowest BCUT2D eigenvalue weighted by atomic mass is 9.73. The molecule has 1 N–H and O–H groups in total. The first-order valence-electron chi connectivity index (χ1n) is 9.30. The van der Waals surface area contributed by atoms with Gasteiger partial charge in [0.05, 0.1) is 22.1 Å². The first kappa shape index (κ1) is 16.7. The monoisotopic (exact) mass is 380 g/mol. The Kier molecular flexibility index (Phi) is 3.92. The topological polar surface area (TPSA) is 78.3 Å². The lowest BCUT2D eigenvalue weighted by Gasteiger charge is -2.29. The molecular weight excluding hydrogens is 360 g/mol. The van der Waals surface area contributed by atoms with E-state index >= 15 is 0 Å². The van der Waals surface area contributed by atoms with Gasteiger partial charge in [-0.1, -0.05) is 6.07 Å². The number of thiophene rings is 1. The van der Waals surface area contributed by atoms with Crippen LogP contribution in [-0.4, -0.2) is 42.2 Å². The van der Waals surface area contributed by atoms with E-state index in [0.717, 1.165) is 36.6 Å². The van der Waals surface area contributed by atoms with Crippen molar-refractivity contribution in [3.05, 3.63) is 46.3 Å². The van der Waals surface area contributed by atoms with Gasteiger partial charge < -0.3 is 15.0 Å². The summed E-state index contributed by atoms with van der Waals surface area (Å²) in [5.74, 6) is 1.40. The summed E-state index contributed by atoms with van der Waals surface area (Å²) >= 11 is 1.46. The largest absolute Gasteiger partial charge is 0.369 e. The molecule has 0 aromatic carbocycles. The molecule has 27 heavy (non-hydrogen) atoms. The molecule has 5 rings (SSSR count). The van der Waals surface area contributed by atoms with Crippen molar-refractivity contribution in [2.24, 2.45) is 11.8 Å². The highest BCUT2D eigenvalue weighted by atomic mass is 32.1. The van der Waals surface area contributed by atoms with Gasteiger partial charge in [0, 0.05) is 37.7 Å². The van der Waals surface area contributed by atoms with Crippen LogP contribution in [0.2, 0.25) is 0 Å². The van der Waals surface area contributed by atoms with E-state index in [1.807, 2.05) is 23.6 Å². The molecule has 2 aromatic heterocycles.